The fraction of sp³-hybridized carbons (Fsp3) is 0.455. The van der Waals surface area contributed by atoms with Gasteiger partial charge in [-0.15, -0.1) is 0 Å². The van der Waals surface area contributed by atoms with E-state index in [1.165, 1.54) is 6.92 Å². The first-order chi connectivity index (χ1) is 8.77. The highest BCUT2D eigenvalue weighted by Gasteiger charge is 2.35. The molecule has 1 aromatic heterocycles. The molecule has 1 rings (SSSR count). The van der Waals surface area contributed by atoms with Gasteiger partial charge in [0, 0.05) is 12.7 Å². The van der Waals surface area contributed by atoms with Crippen molar-refractivity contribution in [3.8, 4) is 0 Å². The standard InChI is InChI=1S/C11H12F3NO4/c1-2-19-7(10(17)18)6-15-8(11(12,13)14)4-3-5-9(15)16/h3-5,7H,2,6H2,1H3,(H,17,18). The molecule has 5 nitrogen and oxygen atoms in total. The number of aromatic nitrogens is 1. The average Bonchev–Trinajstić information content (AvgIpc) is 2.29. The van der Waals surface area contributed by atoms with E-state index < -0.39 is 36.0 Å². The van der Waals surface area contributed by atoms with E-state index in [0.717, 1.165) is 12.1 Å². The van der Waals surface area contributed by atoms with Crippen LogP contribution in [0, 0.1) is 0 Å². The van der Waals surface area contributed by atoms with Gasteiger partial charge in [0.2, 0.25) is 0 Å². The number of hydrogen-bond donors (Lipinski definition) is 1. The summed E-state index contributed by atoms with van der Waals surface area (Å²) in [6, 6.07) is 2.62. The molecule has 19 heavy (non-hydrogen) atoms. The summed E-state index contributed by atoms with van der Waals surface area (Å²) in [6.07, 6.45) is -6.25. The highest BCUT2D eigenvalue weighted by Crippen LogP contribution is 2.28. The maximum Gasteiger partial charge on any atom is 0.431 e. The van der Waals surface area contributed by atoms with Crippen LogP contribution in [0.1, 0.15) is 12.6 Å². The van der Waals surface area contributed by atoms with Crippen molar-refractivity contribution < 1.29 is 27.8 Å². The molecule has 0 aliphatic heterocycles. The molecule has 1 heterocycles. The van der Waals surface area contributed by atoms with Gasteiger partial charge in [-0.25, -0.2) is 4.79 Å². The molecule has 0 aliphatic carbocycles. The van der Waals surface area contributed by atoms with E-state index in [1.807, 2.05) is 0 Å². The Labute approximate surface area is 106 Å². The van der Waals surface area contributed by atoms with Crippen LogP contribution in [0.25, 0.3) is 0 Å². The minimum Gasteiger partial charge on any atom is -0.479 e. The Hall–Kier alpha value is -1.83. The first-order valence-electron chi connectivity index (χ1n) is 5.38. The Morgan fingerprint density at radius 1 is 1.47 bits per heavy atom. The molecule has 1 unspecified atom stereocenters. The first kappa shape index (κ1) is 15.2. The third-order valence-corrected chi connectivity index (χ3v) is 2.33. The van der Waals surface area contributed by atoms with Crippen LogP contribution in [0.5, 0.6) is 0 Å². The van der Waals surface area contributed by atoms with E-state index >= 15 is 0 Å². The Morgan fingerprint density at radius 3 is 2.58 bits per heavy atom. The fourth-order valence-electron chi connectivity index (χ4n) is 1.53. The molecule has 0 saturated heterocycles. The fourth-order valence-corrected chi connectivity index (χ4v) is 1.53. The summed E-state index contributed by atoms with van der Waals surface area (Å²) >= 11 is 0. The number of nitrogens with zero attached hydrogens (tertiary/aromatic N) is 1. The zero-order chi connectivity index (χ0) is 14.6. The predicted octanol–water partition coefficient (Wildman–Crippen LogP) is 1.36. The number of carboxylic acid groups (broad SMARTS) is 1. The van der Waals surface area contributed by atoms with Gasteiger partial charge in [-0.2, -0.15) is 13.2 Å². The average molecular weight is 279 g/mol. The molecular formula is C11H12F3NO4. The van der Waals surface area contributed by atoms with E-state index in [-0.39, 0.29) is 6.61 Å². The van der Waals surface area contributed by atoms with Crippen LogP contribution in [0.2, 0.25) is 0 Å². The zero-order valence-corrected chi connectivity index (χ0v) is 9.98. The molecule has 1 N–H and O–H groups in total. The molecule has 0 bridgehead atoms. The topological polar surface area (TPSA) is 68.5 Å². The second-order valence-electron chi connectivity index (χ2n) is 3.64. The lowest BCUT2D eigenvalue weighted by Gasteiger charge is -2.18. The number of rotatable bonds is 5. The third-order valence-electron chi connectivity index (χ3n) is 2.33. The van der Waals surface area contributed by atoms with Crippen molar-refractivity contribution in [1.29, 1.82) is 0 Å². The molecule has 0 fully saturated rings. The van der Waals surface area contributed by atoms with Crippen molar-refractivity contribution in [1.82, 2.24) is 4.57 Å². The molecule has 1 atom stereocenters. The maximum atomic E-state index is 12.7. The van der Waals surface area contributed by atoms with Gasteiger partial charge in [0.15, 0.2) is 6.10 Å². The van der Waals surface area contributed by atoms with Crippen LogP contribution in [0.3, 0.4) is 0 Å². The van der Waals surface area contributed by atoms with Gasteiger partial charge in [0.1, 0.15) is 5.69 Å². The van der Waals surface area contributed by atoms with E-state index in [1.54, 1.807) is 0 Å². The summed E-state index contributed by atoms with van der Waals surface area (Å²) in [5, 5.41) is 8.83. The van der Waals surface area contributed by atoms with Gasteiger partial charge in [-0.3, -0.25) is 4.79 Å². The number of pyridine rings is 1. The number of aliphatic carboxylic acids is 1. The minimum absolute atomic E-state index is 0.0138. The van der Waals surface area contributed by atoms with Crippen molar-refractivity contribution in [2.45, 2.75) is 25.7 Å². The predicted molar refractivity (Wildman–Crippen MR) is 58.8 cm³/mol. The van der Waals surface area contributed by atoms with Crippen LogP contribution in [0.15, 0.2) is 23.0 Å². The van der Waals surface area contributed by atoms with Crippen LogP contribution in [-0.2, 0) is 22.3 Å². The van der Waals surface area contributed by atoms with Gasteiger partial charge in [0.25, 0.3) is 5.56 Å². The number of halogens is 3. The molecule has 0 spiro atoms. The summed E-state index contributed by atoms with van der Waals surface area (Å²) in [5.41, 5.74) is -2.13. The Bertz CT molecular complexity index is 509. The van der Waals surface area contributed by atoms with E-state index in [2.05, 4.69) is 0 Å². The van der Waals surface area contributed by atoms with Crippen LogP contribution in [-0.4, -0.2) is 28.4 Å². The van der Waals surface area contributed by atoms with Gasteiger partial charge < -0.3 is 14.4 Å². The highest BCUT2D eigenvalue weighted by atomic mass is 19.4. The molecule has 0 aromatic carbocycles. The van der Waals surface area contributed by atoms with Gasteiger partial charge in [-0.1, -0.05) is 6.07 Å². The first-order valence-corrected chi connectivity index (χ1v) is 5.38. The number of ether oxygens (including phenoxy) is 1. The minimum atomic E-state index is -4.74. The largest absolute Gasteiger partial charge is 0.479 e. The number of carbonyl (C=O) groups is 1. The van der Waals surface area contributed by atoms with E-state index in [0.29, 0.717) is 10.6 Å². The molecule has 106 valence electrons. The van der Waals surface area contributed by atoms with Crippen LogP contribution in [0.4, 0.5) is 13.2 Å². The molecule has 0 amide bonds. The van der Waals surface area contributed by atoms with Crippen molar-refractivity contribution >= 4 is 5.97 Å². The second kappa shape index (κ2) is 5.87. The number of hydrogen-bond acceptors (Lipinski definition) is 3. The molecule has 0 aliphatic rings. The van der Waals surface area contributed by atoms with E-state index in [9.17, 15) is 22.8 Å². The second-order valence-corrected chi connectivity index (χ2v) is 3.64. The summed E-state index contributed by atoms with van der Waals surface area (Å²) in [6.45, 7) is 0.825. The maximum absolute atomic E-state index is 12.7. The van der Waals surface area contributed by atoms with Crippen molar-refractivity contribution in [2.75, 3.05) is 6.61 Å². The summed E-state index contributed by atoms with van der Waals surface area (Å²) < 4.78 is 43.3. The Morgan fingerprint density at radius 2 is 2.11 bits per heavy atom. The molecule has 1 aromatic rings. The number of carboxylic acids is 1. The lowest BCUT2D eigenvalue weighted by Crippen LogP contribution is -2.36. The summed E-state index contributed by atoms with van der Waals surface area (Å²) in [4.78, 5) is 22.3. The summed E-state index contributed by atoms with van der Waals surface area (Å²) in [5.74, 6) is -1.43. The van der Waals surface area contributed by atoms with Gasteiger partial charge >= 0.3 is 12.1 Å². The molecular weight excluding hydrogens is 267 g/mol. The lowest BCUT2D eigenvalue weighted by molar-refractivity contribution is -0.154. The quantitative estimate of drug-likeness (QED) is 0.883. The van der Waals surface area contributed by atoms with Crippen LogP contribution < -0.4 is 5.56 Å². The monoisotopic (exact) mass is 279 g/mol. The molecule has 8 heteroatoms. The number of alkyl halides is 3. The smallest absolute Gasteiger partial charge is 0.431 e. The van der Waals surface area contributed by atoms with Crippen molar-refractivity contribution in [2.24, 2.45) is 0 Å². The van der Waals surface area contributed by atoms with E-state index in [4.69, 9.17) is 9.84 Å². The SMILES string of the molecule is CCOC(Cn1c(C(F)(F)F)cccc1=O)C(=O)O. The van der Waals surface area contributed by atoms with Gasteiger partial charge in [-0.05, 0) is 13.0 Å². The van der Waals surface area contributed by atoms with Gasteiger partial charge in [0.05, 0.1) is 6.54 Å². The normalized spacial score (nSPS) is 13.3. The Kier molecular flexibility index (Phi) is 4.71. The van der Waals surface area contributed by atoms with Crippen molar-refractivity contribution in [3.05, 3.63) is 34.2 Å². The third kappa shape index (κ3) is 3.82. The lowest BCUT2D eigenvalue weighted by atomic mass is 10.3. The molecule has 0 radical (unpaired) electrons. The molecule has 0 saturated carbocycles. The van der Waals surface area contributed by atoms with Crippen molar-refractivity contribution in [3.63, 3.8) is 0 Å². The summed E-state index contributed by atoms with van der Waals surface area (Å²) in [7, 11) is 0. The Balaban J connectivity index is 3.19. The van der Waals surface area contributed by atoms with Crippen LogP contribution >= 0.6 is 0 Å². The highest BCUT2D eigenvalue weighted by molar-refractivity contribution is 5.72. The zero-order valence-electron chi connectivity index (χ0n) is 9.98.